The van der Waals surface area contributed by atoms with Crippen LogP contribution in [0.2, 0.25) is 0 Å². The van der Waals surface area contributed by atoms with Crippen molar-refractivity contribution in [1.29, 1.82) is 0 Å². The molecule has 0 bridgehead atoms. The number of rotatable bonds is 2. The molecule has 2 rings (SSSR count). The molecule has 6 heteroatoms. The second-order valence-electron chi connectivity index (χ2n) is 3.72. The summed E-state index contributed by atoms with van der Waals surface area (Å²) in [5, 5.41) is 9.22. The Hall–Kier alpha value is -3.07. The van der Waals surface area contributed by atoms with E-state index in [1.165, 1.54) is 31.2 Å². The number of ether oxygens (including phenoxy) is 1. The topological polar surface area (TPSA) is 93.8 Å². The zero-order valence-corrected chi connectivity index (χ0v) is 10.3. The van der Waals surface area contributed by atoms with Crippen LogP contribution in [0.15, 0.2) is 33.5 Å². The van der Waals surface area contributed by atoms with E-state index in [1.54, 1.807) is 0 Å². The fraction of sp³-hybridized carbons (Fsp3) is 0.0714. The van der Waals surface area contributed by atoms with Gasteiger partial charge in [-0.3, -0.25) is 0 Å². The van der Waals surface area contributed by atoms with Crippen LogP contribution in [-0.4, -0.2) is 17.0 Å². The summed E-state index contributed by atoms with van der Waals surface area (Å²) in [5.74, 6) is 2.63. The minimum atomic E-state index is -1.37. The fourth-order valence-electron chi connectivity index (χ4n) is 1.54. The summed E-state index contributed by atoms with van der Waals surface area (Å²) in [4.78, 5) is 33.4. The van der Waals surface area contributed by atoms with Gasteiger partial charge in [0.2, 0.25) is 0 Å². The van der Waals surface area contributed by atoms with Crippen molar-refractivity contribution in [1.82, 2.24) is 0 Å². The molecular weight excluding hydrogens is 264 g/mol. The molecule has 0 atom stereocenters. The number of carbonyl (C=O) groups excluding carboxylic acids is 1. The van der Waals surface area contributed by atoms with Crippen LogP contribution in [0.3, 0.4) is 0 Å². The van der Waals surface area contributed by atoms with Crippen LogP contribution in [0, 0.1) is 11.8 Å². The van der Waals surface area contributed by atoms with Crippen LogP contribution in [-0.2, 0) is 4.79 Å². The van der Waals surface area contributed by atoms with Gasteiger partial charge in [0.15, 0.2) is 0 Å². The second kappa shape index (κ2) is 5.28. The first-order valence-electron chi connectivity index (χ1n) is 5.47. The highest BCUT2D eigenvalue weighted by Gasteiger charge is 2.12. The van der Waals surface area contributed by atoms with E-state index in [9.17, 15) is 14.4 Å². The third-order valence-corrected chi connectivity index (χ3v) is 2.38. The molecule has 20 heavy (non-hydrogen) atoms. The molecule has 1 N–H and O–H groups in total. The van der Waals surface area contributed by atoms with Crippen LogP contribution < -0.4 is 10.4 Å². The lowest BCUT2D eigenvalue weighted by Crippen LogP contribution is -2.12. The Morgan fingerprint density at radius 2 is 2.05 bits per heavy atom. The Kier molecular flexibility index (Phi) is 3.53. The van der Waals surface area contributed by atoms with Crippen molar-refractivity contribution in [2.24, 2.45) is 0 Å². The zero-order valence-electron chi connectivity index (χ0n) is 10.3. The summed E-state index contributed by atoms with van der Waals surface area (Å²) in [6, 6.07) is 5.44. The fourth-order valence-corrected chi connectivity index (χ4v) is 1.54. The number of carboxylic acid groups (broad SMARTS) is 1. The Labute approximate surface area is 112 Å². The first kappa shape index (κ1) is 13.4. The Balaban J connectivity index is 2.47. The van der Waals surface area contributed by atoms with Gasteiger partial charge in [0.05, 0.1) is 0 Å². The highest BCUT2D eigenvalue weighted by molar-refractivity contribution is 5.93. The zero-order chi connectivity index (χ0) is 14.7. The van der Waals surface area contributed by atoms with Crippen LogP contribution in [0.1, 0.15) is 17.3 Å². The van der Waals surface area contributed by atoms with Gasteiger partial charge < -0.3 is 14.3 Å². The Bertz CT molecular complexity index is 819. The van der Waals surface area contributed by atoms with Crippen molar-refractivity contribution in [3.63, 3.8) is 0 Å². The summed E-state index contributed by atoms with van der Waals surface area (Å²) in [5.41, 5.74) is -1.31. The molecule has 2 aromatic rings. The van der Waals surface area contributed by atoms with Crippen LogP contribution in [0.5, 0.6) is 5.75 Å². The lowest BCUT2D eigenvalue weighted by Gasteiger charge is -2.02. The number of fused-ring (bicyclic) bond motifs is 1. The molecule has 0 radical (unpaired) electrons. The van der Waals surface area contributed by atoms with E-state index in [-0.39, 0.29) is 11.3 Å². The molecule has 0 spiro atoms. The maximum atomic E-state index is 11.4. The maximum Gasteiger partial charge on any atom is 0.389 e. The highest BCUT2D eigenvalue weighted by atomic mass is 16.5. The van der Waals surface area contributed by atoms with Crippen molar-refractivity contribution < 1.29 is 23.8 Å². The smallest absolute Gasteiger partial charge is 0.389 e. The standard InChI is InChI=1S/C14H8O6/c1-2-3-12(15)19-9-5-4-8-6-10(13(16)17)14(18)20-11(8)7-9/h4-7H,1H3,(H,16,17). The predicted molar refractivity (Wildman–Crippen MR) is 68.5 cm³/mol. The molecule has 100 valence electrons. The molecule has 1 aromatic heterocycles. The summed E-state index contributed by atoms with van der Waals surface area (Å²) in [7, 11) is 0. The van der Waals surface area contributed by atoms with Crippen LogP contribution in [0.4, 0.5) is 0 Å². The van der Waals surface area contributed by atoms with E-state index >= 15 is 0 Å². The van der Waals surface area contributed by atoms with Gasteiger partial charge in [-0.15, -0.1) is 0 Å². The highest BCUT2D eigenvalue weighted by Crippen LogP contribution is 2.20. The van der Waals surface area contributed by atoms with Crippen molar-refractivity contribution in [3.05, 3.63) is 40.2 Å². The van der Waals surface area contributed by atoms with E-state index in [4.69, 9.17) is 14.3 Å². The molecule has 0 amide bonds. The predicted octanol–water partition coefficient (Wildman–Crippen LogP) is 1.42. The van der Waals surface area contributed by atoms with E-state index in [0.717, 1.165) is 0 Å². The normalized spacial score (nSPS) is 9.65. The van der Waals surface area contributed by atoms with Gasteiger partial charge in [-0.1, -0.05) is 5.92 Å². The first-order valence-corrected chi connectivity index (χ1v) is 5.47. The molecule has 0 fully saturated rings. The first-order chi connectivity index (χ1) is 9.51. The van der Waals surface area contributed by atoms with Gasteiger partial charge in [-0.2, -0.15) is 0 Å². The van der Waals surface area contributed by atoms with Gasteiger partial charge in [0.1, 0.15) is 16.9 Å². The monoisotopic (exact) mass is 272 g/mol. The van der Waals surface area contributed by atoms with Crippen molar-refractivity contribution in [3.8, 4) is 17.6 Å². The van der Waals surface area contributed by atoms with Crippen molar-refractivity contribution in [2.45, 2.75) is 6.92 Å². The molecule has 1 heterocycles. The third kappa shape index (κ3) is 2.67. The summed E-state index contributed by atoms with van der Waals surface area (Å²) >= 11 is 0. The van der Waals surface area contributed by atoms with Crippen LogP contribution >= 0.6 is 0 Å². The maximum absolute atomic E-state index is 11.4. The lowest BCUT2D eigenvalue weighted by atomic mass is 10.2. The van der Waals surface area contributed by atoms with E-state index in [1.807, 2.05) is 0 Å². The van der Waals surface area contributed by atoms with Crippen molar-refractivity contribution in [2.75, 3.05) is 0 Å². The quantitative estimate of drug-likeness (QED) is 0.292. The van der Waals surface area contributed by atoms with Crippen molar-refractivity contribution >= 4 is 22.9 Å². The molecule has 0 aliphatic rings. The molecule has 1 aromatic carbocycles. The van der Waals surface area contributed by atoms with Gasteiger partial charge in [0, 0.05) is 17.4 Å². The minimum Gasteiger partial charge on any atom is -0.477 e. The van der Waals surface area contributed by atoms with E-state index < -0.39 is 23.1 Å². The summed E-state index contributed by atoms with van der Waals surface area (Å²) in [6.07, 6.45) is 0. The Morgan fingerprint density at radius 3 is 2.70 bits per heavy atom. The largest absolute Gasteiger partial charge is 0.477 e. The number of carbonyl (C=O) groups is 2. The summed E-state index contributed by atoms with van der Waals surface area (Å²) < 4.78 is 9.76. The number of carboxylic acids is 1. The molecule has 0 unspecified atom stereocenters. The average Bonchev–Trinajstić information content (AvgIpc) is 2.37. The van der Waals surface area contributed by atoms with E-state index in [2.05, 4.69) is 11.8 Å². The van der Waals surface area contributed by atoms with Gasteiger partial charge >= 0.3 is 17.6 Å². The average molecular weight is 272 g/mol. The van der Waals surface area contributed by atoms with Crippen LogP contribution in [0.25, 0.3) is 11.0 Å². The summed E-state index contributed by atoms with van der Waals surface area (Å²) in [6.45, 7) is 1.49. The molecular formula is C14H8O6. The molecule has 6 nitrogen and oxygen atoms in total. The van der Waals surface area contributed by atoms with E-state index in [0.29, 0.717) is 5.39 Å². The number of esters is 1. The second-order valence-corrected chi connectivity index (χ2v) is 3.72. The molecule has 0 aliphatic carbocycles. The Morgan fingerprint density at radius 1 is 1.30 bits per heavy atom. The van der Waals surface area contributed by atoms with Gasteiger partial charge in [-0.25, -0.2) is 14.4 Å². The number of hydrogen-bond acceptors (Lipinski definition) is 5. The lowest BCUT2D eigenvalue weighted by molar-refractivity contribution is -0.128. The molecule has 0 aliphatic heterocycles. The van der Waals surface area contributed by atoms with Gasteiger partial charge in [0.25, 0.3) is 0 Å². The molecule has 0 saturated carbocycles. The number of aromatic carboxylic acids is 1. The SMILES string of the molecule is CC#CC(=O)Oc1ccc2cc(C(=O)O)c(=O)oc2c1. The number of hydrogen-bond donors (Lipinski definition) is 1. The minimum absolute atomic E-state index is 0.120. The number of benzene rings is 1. The van der Waals surface area contributed by atoms with Gasteiger partial charge in [-0.05, 0) is 25.1 Å². The molecule has 0 saturated heterocycles. The third-order valence-electron chi connectivity index (χ3n) is 2.38.